The largest absolute Gasteiger partial charge is 0.393 e. The van der Waals surface area contributed by atoms with Crippen molar-refractivity contribution in [3.8, 4) is 0 Å². The lowest BCUT2D eigenvalue weighted by molar-refractivity contribution is -0.383. The highest BCUT2D eigenvalue weighted by Crippen LogP contribution is 2.30. The Morgan fingerprint density at radius 2 is 2.05 bits per heavy atom. The molecule has 1 aromatic rings. The average molecular weight is 264 g/mol. The highest BCUT2D eigenvalue weighted by Gasteiger charge is 2.17. The average Bonchev–Trinajstić information content (AvgIpc) is 2.39. The van der Waals surface area contributed by atoms with Crippen LogP contribution in [0.25, 0.3) is 0 Å². The summed E-state index contributed by atoms with van der Waals surface area (Å²) in [7, 11) is 0. The normalized spacial score (nSPS) is 16.2. The molecule has 6 nitrogen and oxygen atoms in total. The molecule has 3 N–H and O–H groups in total. The third kappa shape index (κ3) is 3.57. The van der Waals surface area contributed by atoms with E-state index in [0.717, 1.165) is 19.6 Å². The van der Waals surface area contributed by atoms with Crippen molar-refractivity contribution in [3.05, 3.63) is 28.3 Å². The monoisotopic (exact) mass is 264 g/mol. The van der Waals surface area contributed by atoms with Crippen molar-refractivity contribution in [1.82, 2.24) is 4.90 Å². The number of nitro benzene ring substituents is 1. The molecule has 2 rings (SSSR count). The smallest absolute Gasteiger partial charge is 0.314 e. The lowest BCUT2D eigenvalue weighted by atomic mass is 10.1. The molecule has 1 aliphatic heterocycles. The molecule has 0 atom stereocenters. The van der Waals surface area contributed by atoms with E-state index in [1.165, 1.54) is 19.3 Å². The van der Waals surface area contributed by atoms with Gasteiger partial charge in [-0.1, -0.05) is 12.5 Å². The lowest BCUT2D eigenvalue weighted by Gasteiger charge is -2.26. The fourth-order valence-electron chi connectivity index (χ4n) is 2.44. The van der Waals surface area contributed by atoms with Gasteiger partial charge in [-0.2, -0.15) is 0 Å². The number of rotatable bonds is 5. The fourth-order valence-corrected chi connectivity index (χ4v) is 2.44. The molecule has 0 aromatic heterocycles. The van der Waals surface area contributed by atoms with Gasteiger partial charge in [0.05, 0.1) is 4.92 Å². The molecular formula is C13H20N4O2. The molecular weight excluding hydrogens is 244 g/mol. The predicted molar refractivity (Wildman–Crippen MR) is 76.3 cm³/mol. The van der Waals surface area contributed by atoms with Crippen LogP contribution >= 0.6 is 0 Å². The van der Waals surface area contributed by atoms with Crippen LogP contribution in [0.2, 0.25) is 0 Å². The Hall–Kier alpha value is -1.82. The minimum absolute atomic E-state index is 0.0267. The SMILES string of the molecule is Nc1cccc(NCCN2CCCCC2)c1[N+](=O)[O-]. The van der Waals surface area contributed by atoms with Crippen molar-refractivity contribution < 1.29 is 4.92 Å². The van der Waals surface area contributed by atoms with Crippen LogP contribution in [0.5, 0.6) is 0 Å². The Kier molecular flexibility index (Phi) is 4.57. The van der Waals surface area contributed by atoms with Gasteiger partial charge in [-0.25, -0.2) is 0 Å². The molecule has 104 valence electrons. The van der Waals surface area contributed by atoms with Crippen LogP contribution < -0.4 is 11.1 Å². The van der Waals surface area contributed by atoms with E-state index >= 15 is 0 Å². The molecule has 1 fully saturated rings. The number of piperidine rings is 1. The maximum absolute atomic E-state index is 11.0. The first kappa shape index (κ1) is 13.6. The van der Waals surface area contributed by atoms with Gasteiger partial charge in [-0.15, -0.1) is 0 Å². The van der Waals surface area contributed by atoms with Gasteiger partial charge in [0.1, 0.15) is 11.4 Å². The van der Waals surface area contributed by atoms with Crippen molar-refractivity contribution in [2.45, 2.75) is 19.3 Å². The zero-order chi connectivity index (χ0) is 13.7. The second-order valence-corrected chi connectivity index (χ2v) is 4.83. The first-order valence-corrected chi connectivity index (χ1v) is 6.67. The minimum atomic E-state index is -0.432. The molecule has 0 bridgehead atoms. The second-order valence-electron chi connectivity index (χ2n) is 4.83. The summed E-state index contributed by atoms with van der Waals surface area (Å²) < 4.78 is 0. The van der Waals surface area contributed by atoms with Crippen molar-refractivity contribution >= 4 is 17.1 Å². The van der Waals surface area contributed by atoms with E-state index in [2.05, 4.69) is 10.2 Å². The first-order valence-electron chi connectivity index (χ1n) is 6.67. The van der Waals surface area contributed by atoms with E-state index in [9.17, 15) is 10.1 Å². The summed E-state index contributed by atoms with van der Waals surface area (Å²) in [4.78, 5) is 12.9. The Morgan fingerprint density at radius 3 is 2.74 bits per heavy atom. The van der Waals surface area contributed by atoms with Crippen LogP contribution in [0.4, 0.5) is 17.1 Å². The molecule has 1 heterocycles. The molecule has 0 radical (unpaired) electrons. The number of anilines is 2. The van der Waals surface area contributed by atoms with Crippen LogP contribution in [0, 0.1) is 10.1 Å². The van der Waals surface area contributed by atoms with Gasteiger partial charge in [0.2, 0.25) is 0 Å². The Labute approximate surface area is 112 Å². The Balaban J connectivity index is 1.92. The molecule has 1 saturated heterocycles. The standard InChI is InChI=1S/C13H20N4O2/c14-11-5-4-6-12(13(11)17(18)19)15-7-10-16-8-2-1-3-9-16/h4-6,15H,1-3,7-10,14H2. The molecule has 0 spiro atoms. The first-order chi connectivity index (χ1) is 9.18. The summed E-state index contributed by atoms with van der Waals surface area (Å²) in [5, 5.41) is 14.1. The molecule has 0 unspecified atom stereocenters. The number of nitrogens with one attached hydrogen (secondary N) is 1. The van der Waals surface area contributed by atoms with Crippen molar-refractivity contribution in [1.29, 1.82) is 0 Å². The Bertz CT molecular complexity index is 444. The van der Waals surface area contributed by atoms with Crippen molar-refractivity contribution in [2.24, 2.45) is 0 Å². The summed E-state index contributed by atoms with van der Waals surface area (Å²) >= 11 is 0. The summed E-state index contributed by atoms with van der Waals surface area (Å²) in [5.41, 5.74) is 6.32. The van der Waals surface area contributed by atoms with E-state index in [-0.39, 0.29) is 11.4 Å². The number of nitrogens with zero attached hydrogens (tertiary/aromatic N) is 2. The second kappa shape index (κ2) is 6.38. The summed E-state index contributed by atoms with van der Waals surface area (Å²) in [6, 6.07) is 4.98. The summed E-state index contributed by atoms with van der Waals surface area (Å²) in [6.45, 7) is 3.86. The topological polar surface area (TPSA) is 84.4 Å². The predicted octanol–water partition coefficient (Wildman–Crippen LogP) is 2.07. The van der Waals surface area contributed by atoms with Crippen molar-refractivity contribution in [3.63, 3.8) is 0 Å². The number of hydrogen-bond acceptors (Lipinski definition) is 5. The minimum Gasteiger partial charge on any atom is -0.393 e. The van der Waals surface area contributed by atoms with E-state index in [4.69, 9.17) is 5.73 Å². The van der Waals surface area contributed by atoms with Crippen LogP contribution in [0.1, 0.15) is 19.3 Å². The van der Waals surface area contributed by atoms with Gasteiger partial charge < -0.3 is 16.0 Å². The van der Waals surface area contributed by atoms with Gasteiger partial charge >= 0.3 is 5.69 Å². The quantitative estimate of drug-likeness (QED) is 0.483. The number of likely N-dealkylation sites (tertiary alicyclic amines) is 1. The maximum Gasteiger partial charge on any atom is 0.314 e. The van der Waals surface area contributed by atoms with Gasteiger partial charge in [-0.3, -0.25) is 10.1 Å². The molecule has 0 amide bonds. The highest BCUT2D eigenvalue weighted by molar-refractivity contribution is 5.74. The fraction of sp³-hybridized carbons (Fsp3) is 0.538. The van der Waals surface area contributed by atoms with Crippen LogP contribution in [-0.4, -0.2) is 36.0 Å². The van der Waals surface area contributed by atoms with Crippen LogP contribution in [0.15, 0.2) is 18.2 Å². The third-order valence-corrected chi connectivity index (χ3v) is 3.44. The zero-order valence-corrected chi connectivity index (χ0v) is 11.0. The van der Waals surface area contributed by atoms with Gasteiger partial charge in [0, 0.05) is 13.1 Å². The lowest BCUT2D eigenvalue weighted by Crippen LogP contribution is -2.33. The summed E-state index contributed by atoms with van der Waals surface area (Å²) in [5.74, 6) is 0. The van der Waals surface area contributed by atoms with Gasteiger partial charge in [0.15, 0.2) is 0 Å². The van der Waals surface area contributed by atoms with Crippen molar-refractivity contribution in [2.75, 3.05) is 37.2 Å². The van der Waals surface area contributed by atoms with Gasteiger partial charge in [0.25, 0.3) is 0 Å². The maximum atomic E-state index is 11.0. The number of hydrogen-bond donors (Lipinski definition) is 2. The number of para-hydroxylation sites is 1. The number of benzene rings is 1. The summed E-state index contributed by atoms with van der Waals surface area (Å²) in [6.07, 6.45) is 3.81. The van der Waals surface area contributed by atoms with Crippen LogP contribution in [-0.2, 0) is 0 Å². The van der Waals surface area contributed by atoms with E-state index in [1.54, 1.807) is 18.2 Å². The molecule has 19 heavy (non-hydrogen) atoms. The number of nitrogens with two attached hydrogens (primary N) is 1. The Morgan fingerprint density at radius 1 is 1.32 bits per heavy atom. The zero-order valence-electron chi connectivity index (χ0n) is 11.0. The third-order valence-electron chi connectivity index (χ3n) is 3.44. The van der Waals surface area contributed by atoms with E-state index in [0.29, 0.717) is 12.2 Å². The number of nitrogen functional groups attached to an aromatic ring is 1. The highest BCUT2D eigenvalue weighted by atomic mass is 16.6. The molecule has 0 aliphatic carbocycles. The van der Waals surface area contributed by atoms with Crippen LogP contribution in [0.3, 0.4) is 0 Å². The number of nitro groups is 1. The van der Waals surface area contributed by atoms with Gasteiger partial charge in [-0.05, 0) is 38.1 Å². The van der Waals surface area contributed by atoms with E-state index in [1.807, 2.05) is 0 Å². The molecule has 0 saturated carbocycles. The van der Waals surface area contributed by atoms with E-state index < -0.39 is 4.92 Å². The molecule has 6 heteroatoms. The molecule has 1 aromatic carbocycles. The molecule has 1 aliphatic rings.